The molecule has 1 nitrogen and oxygen atoms in total. The first kappa shape index (κ1) is 5.95. The lowest BCUT2D eigenvalue weighted by molar-refractivity contribution is 0.884. The zero-order valence-electron chi connectivity index (χ0n) is 6.03. The lowest BCUT2D eigenvalue weighted by Gasteiger charge is -2.08. The van der Waals surface area contributed by atoms with Crippen LogP contribution < -0.4 is 5.32 Å². The SMILES string of the molecule is S=C1NC2C=C[C@H]3C1[C@@H]3C=C2. The summed E-state index contributed by atoms with van der Waals surface area (Å²) in [4.78, 5) is 1.07. The summed E-state index contributed by atoms with van der Waals surface area (Å²) in [5, 5.41) is 3.32. The molecule has 1 saturated carbocycles. The predicted octanol–water partition coefficient (Wildman–Crippen LogP) is 1.27. The molecule has 2 aliphatic heterocycles. The van der Waals surface area contributed by atoms with Gasteiger partial charge in [-0.05, 0) is 11.8 Å². The quantitative estimate of drug-likeness (QED) is 0.426. The van der Waals surface area contributed by atoms with Gasteiger partial charge in [0.05, 0.1) is 11.0 Å². The fraction of sp³-hybridized carbons (Fsp3) is 0.444. The first-order valence-corrected chi connectivity index (χ1v) is 4.44. The second-order valence-electron chi connectivity index (χ2n) is 3.48. The number of nitrogens with one attached hydrogen (secondary N) is 1. The van der Waals surface area contributed by atoms with E-state index in [9.17, 15) is 0 Å². The minimum Gasteiger partial charge on any atom is -0.370 e. The third-order valence-electron chi connectivity index (χ3n) is 2.83. The molecule has 0 aromatic carbocycles. The molecule has 2 heterocycles. The Balaban J connectivity index is 2.11. The van der Waals surface area contributed by atoms with Gasteiger partial charge in [0.1, 0.15) is 0 Å². The molecule has 0 radical (unpaired) electrons. The molecule has 4 bridgehead atoms. The van der Waals surface area contributed by atoms with Crippen LogP contribution in [0.15, 0.2) is 24.3 Å². The van der Waals surface area contributed by atoms with Gasteiger partial charge in [-0.2, -0.15) is 0 Å². The maximum Gasteiger partial charge on any atom is 0.0804 e. The van der Waals surface area contributed by atoms with Crippen molar-refractivity contribution in [1.82, 2.24) is 5.32 Å². The molecule has 1 fully saturated rings. The van der Waals surface area contributed by atoms with E-state index in [4.69, 9.17) is 12.2 Å². The minimum atomic E-state index is 0.377. The molecule has 4 aliphatic rings. The second kappa shape index (κ2) is 1.75. The lowest BCUT2D eigenvalue weighted by atomic mass is 10.2. The van der Waals surface area contributed by atoms with Gasteiger partial charge < -0.3 is 5.32 Å². The maximum atomic E-state index is 5.26. The first-order chi connectivity index (χ1) is 5.36. The van der Waals surface area contributed by atoms with E-state index >= 15 is 0 Å². The highest BCUT2D eigenvalue weighted by Gasteiger charge is 2.51. The molecule has 56 valence electrons. The summed E-state index contributed by atoms with van der Waals surface area (Å²) in [7, 11) is 0. The number of thiocarbonyl (C=S) groups is 1. The van der Waals surface area contributed by atoms with Gasteiger partial charge in [-0.1, -0.05) is 36.5 Å². The van der Waals surface area contributed by atoms with Gasteiger partial charge >= 0.3 is 0 Å². The summed E-state index contributed by atoms with van der Waals surface area (Å²) in [5.41, 5.74) is 0. The Labute approximate surface area is 71.2 Å². The third kappa shape index (κ3) is 0.679. The van der Waals surface area contributed by atoms with E-state index in [1.54, 1.807) is 0 Å². The van der Waals surface area contributed by atoms with Crippen LogP contribution in [-0.4, -0.2) is 11.0 Å². The van der Waals surface area contributed by atoms with Crippen molar-refractivity contribution in [2.75, 3.05) is 0 Å². The van der Waals surface area contributed by atoms with Gasteiger partial charge in [0.15, 0.2) is 0 Å². The second-order valence-corrected chi connectivity index (χ2v) is 3.92. The number of rotatable bonds is 0. The summed E-state index contributed by atoms with van der Waals surface area (Å²) < 4.78 is 0. The van der Waals surface area contributed by atoms with Crippen molar-refractivity contribution < 1.29 is 0 Å². The normalized spacial score (nSPS) is 50.0. The molecular formula is C9H9NS. The van der Waals surface area contributed by atoms with Crippen LogP contribution in [0.4, 0.5) is 0 Å². The summed E-state index contributed by atoms with van der Waals surface area (Å²) in [6.45, 7) is 0. The number of fused-ring (bicyclic) bond motifs is 1. The molecule has 2 heteroatoms. The fourth-order valence-electron chi connectivity index (χ4n) is 2.12. The minimum absolute atomic E-state index is 0.377. The van der Waals surface area contributed by atoms with Crippen molar-refractivity contribution in [3.63, 3.8) is 0 Å². The number of hydrogen-bond acceptors (Lipinski definition) is 1. The van der Waals surface area contributed by atoms with Crippen LogP contribution in [0.25, 0.3) is 0 Å². The topological polar surface area (TPSA) is 12.0 Å². The highest BCUT2D eigenvalue weighted by molar-refractivity contribution is 7.80. The van der Waals surface area contributed by atoms with E-state index < -0.39 is 0 Å². The Kier molecular flexibility index (Phi) is 0.946. The Bertz CT molecular complexity index is 259. The van der Waals surface area contributed by atoms with E-state index in [2.05, 4.69) is 29.6 Å². The molecule has 0 amide bonds. The van der Waals surface area contributed by atoms with E-state index in [0.29, 0.717) is 12.0 Å². The average Bonchev–Trinajstić information content (AvgIpc) is 2.64. The van der Waals surface area contributed by atoms with Crippen LogP contribution in [-0.2, 0) is 0 Å². The van der Waals surface area contributed by atoms with E-state index in [-0.39, 0.29) is 0 Å². The number of hydrogen-bond donors (Lipinski definition) is 1. The standard InChI is InChI=1S/C9H9NS/c11-9-8-6-3-1-5(10-9)2-4-7(6)8/h1-8H,(H,10,11)/t5?,6-,7-,8?/m1/s1. The third-order valence-corrected chi connectivity index (χ3v) is 3.22. The van der Waals surface area contributed by atoms with Gasteiger partial charge in [0.25, 0.3) is 0 Å². The molecule has 4 rings (SSSR count). The van der Waals surface area contributed by atoms with Gasteiger partial charge in [-0.15, -0.1) is 0 Å². The predicted molar refractivity (Wildman–Crippen MR) is 48.3 cm³/mol. The van der Waals surface area contributed by atoms with Crippen molar-refractivity contribution >= 4 is 17.2 Å². The molecule has 1 N–H and O–H groups in total. The van der Waals surface area contributed by atoms with E-state index in [1.165, 1.54) is 0 Å². The molecule has 0 unspecified atom stereocenters. The summed E-state index contributed by atoms with van der Waals surface area (Å²) in [5.74, 6) is 2.07. The monoisotopic (exact) mass is 163 g/mol. The first-order valence-electron chi connectivity index (χ1n) is 4.03. The van der Waals surface area contributed by atoms with Gasteiger partial charge in [0.2, 0.25) is 0 Å². The molecule has 2 aliphatic carbocycles. The molecular weight excluding hydrogens is 154 g/mol. The summed E-state index contributed by atoms with van der Waals surface area (Å²) >= 11 is 5.26. The molecule has 0 saturated heterocycles. The summed E-state index contributed by atoms with van der Waals surface area (Å²) in [6, 6.07) is 0.377. The smallest absolute Gasteiger partial charge is 0.0804 e. The highest BCUT2D eigenvalue weighted by atomic mass is 32.1. The van der Waals surface area contributed by atoms with Crippen LogP contribution in [0, 0.1) is 17.8 Å². The summed E-state index contributed by atoms with van der Waals surface area (Å²) in [6.07, 6.45) is 9.07. The van der Waals surface area contributed by atoms with Crippen molar-refractivity contribution in [1.29, 1.82) is 0 Å². The largest absolute Gasteiger partial charge is 0.370 e. The van der Waals surface area contributed by atoms with Crippen LogP contribution in [0.1, 0.15) is 0 Å². The zero-order valence-corrected chi connectivity index (χ0v) is 6.84. The zero-order chi connectivity index (χ0) is 7.42. The molecule has 2 atom stereocenters. The highest BCUT2D eigenvalue weighted by Crippen LogP contribution is 2.51. The molecule has 0 aromatic heterocycles. The van der Waals surface area contributed by atoms with Crippen molar-refractivity contribution in [2.24, 2.45) is 17.8 Å². The van der Waals surface area contributed by atoms with Crippen LogP contribution in [0.3, 0.4) is 0 Å². The Morgan fingerprint density at radius 2 is 1.73 bits per heavy atom. The average molecular weight is 163 g/mol. The van der Waals surface area contributed by atoms with E-state index in [0.717, 1.165) is 16.8 Å². The van der Waals surface area contributed by atoms with Crippen LogP contribution >= 0.6 is 12.2 Å². The van der Waals surface area contributed by atoms with Gasteiger partial charge in [0, 0.05) is 5.92 Å². The fourth-order valence-corrected chi connectivity index (χ4v) is 2.57. The van der Waals surface area contributed by atoms with Gasteiger partial charge in [-0.25, -0.2) is 0 Å². The molecule has 11 heavy (non-hydrogen) atoms. The van der Waals surface area contributed by atoms with Crippen LogP contribution in [0.5, 0.6) is 0 Å². The Morgan fingerprint density at radius 1 is 1.09 bits per heavy atom. The van der Waals surface area contributed by atoms with Gasteiger partial charge in [-0.3, -0.25) is 0 Å². The molecule has 0 aromatic rings. The van der Waals surface area contributed by atoms with Crippen LogP contribution in [0.2, 0.25) is 0 Å². The van der Waals surface area contributed by atoms with Crippen molar-refractivity contribution in [2.45, 2.75) is 6.04 Å². The van der Waals surface area contributed by atoms with Crippen molar-refractivity contribution in [3.8, 4) is 0 Å². The van der Waals surface area contributed by atoms with Crippen molar-refractivity contribution in [3.05, 3.63) is 24.3 Å². The maximum absolute atomic E-state index is 5.26. The van der Waals surface area contributed by atoms with E-state index in [1.807, 2.05) is 0 Å². The number of allylic oxidation sites excluding steroid dienone is 2. The Hall–Kier alpha value is -0.630. The Morgan fingerprint density at radius 3 is 2.36 bits per heavy atom. The molecule has 0 spiro atoms. The lowest BCUT2D eigenvalue weighted by Crippen LogP contribution is -2.30.